The van der Waals surface area contributed by atoms with Crippen molar-refractivity contribution in [1.29, 1.82) is 0 Å². The van der Waals surface area contributed by atoms with Crippen LogP contribution in [0.2, 0.25) is 18.6 Å². The number of aliphatic hydroxyl groups is 1. The molecule has 2 N–H and O–H groups in total. The summed E-state index contributed by atoms with van der Waals surface area (Å²) >= 11 is 3.63. The first-order valence-corrected chi connectivity index (χ1v) is 22.2. The Morgan fingerprint density at radius 2 is 1.62 bits per heavy atom. The summed E-state index contributed by atoms with van der Waals surface area (Å²) in [5.41, 5.74) is 5.50. The van der Waals surface area contributed by atoms with Gasteiger partial charge in [-0.05, 0) is 84.6 Å². The molecule has 0 saturated carbocycles. The molecular formula is C42H44BrN3O6Si. The van der Waals surface area contributed by atoms with E-state index in [0.717, 1.165) is 55.8 Å². The van der Waals surface area contributed by atoms with Gasteiger partial charge >= 0.3 is 0 Å². The Hall–Kier alpha value is -4.13. The van der Waals surface area contributed by atoms with Crippen molar-refractivity contribution in [1.82, 2.24) is 4.90 Å². The number of carbonyl (C=O) groups is 3. The predicted molar refractivity (Wildman–Crippen MR) is 209 cm³/mol. The number of nitrogens with zero attached hydrogens (tertiary/aromatic N) is 3. The molecule has 3 amide bonds. The molecule has 5 atom stereocenters. The van der Waals surface area contributed by atoms with E-state index in [1.54, 1.807) is 14.7 Å². The Kier molecular flexibility index (Phi) is 9.22. The maximum absolute atomic E-state index is 15.0. The van der Waals surface area contributed by atoms with Gasteiger partial charge < -0.3 is 24.4 Å². The number of aliphatic hydroxyl groups excluding tert-OH is 1. The lowest BCUT2D eigenvalue weighted by atomic mass is 9.82. The van der Waals surface area contributed by atoms with Gasteiger partial charge in [0.1, 0.15) is 0 Å². The van der Waals surface area contributed by atoms with Crippen molar-refractivity contribution in [2.24, 2.45) is 5.92 Å². The second-order valence-electron chi connectivity index (χ2n) is 15.5. The molecule has 0 radical (unpaired) electrons. The molecule has 1 saturated heterocycles. The van der Waals surface area contributed by atoms with E-state index in [1.807, 2.05) is 105 Å². The average Bonchev–Trinajstić information content (AvgIpc) is 3.56. The summed E-state index contributed by atoms with van der Waals surface area (Å²) in [6.07, 6.45) is 1.01. The van der Waals surface area contributed by atoms with Crippen molar-refractivity contribution >= 4 is 59.0 Å². The first-order chi connectivity index (χ1) is 25.4. The number of hydrogen-bond acceptors (Lipinski definition) is 6. The number of ether oxygens (including phenoxy) is 1. The highest BCUT2D eigenvalue weighted by Gasteiger charge is 2.66. The third-order valence-electron chi connectivity index (χ3n) is 11.8. The van der Waals surface area contributed by atoms with Crippen LogP contribution >= 0.6 is 15.9 Å². The molecule has 4 aromatic rings. The number of amides is 3. The molecule has 0 unspecified atom stereocenters. The van der Waals surface area contributed by atoms with Crippen molar-refractivity contribution in [3.8, 4) is 0 Å². The number of carbonyl (C=O) groups excluding carboxylic acids is 3. The molecule has 0 aromatic heterocycles. The number of fused-ring (bicyclic) bond motifs is 4. The number of anilines is 3. The summed E-state index contributed by atoms with van der Waals surface area (Å²) in [4.78, 5) is 59.3. The van der Waals surface area contributed by atoms with Crippen LogP contribution in [0, 0.1) is 5.92 Å². The molecule has 1 fully saturated rings. The second-order valence-corrected chi connectivity index (χ2v) is 20.4. The number of aryl methyl sites for hydroxylation is 1. The Morgan fingerprint density at radius 3 is 2.34 bits per heavy atom. The van der Waals surface area contributed by atoms with Crippen molar-refractivity contribution in [3.63, 3.8) is 0 Å². The van der Waals surface area contributed by atoms with Gasteiger partial charge in [0.25, 0.3) is 5.91 Å². The SMILES string of the molecule is C[C@H]1[C@H]([Si](C)(C)O)[C@@H](CC(=O)N2Cc3ccccc3C[C@H]2CO)O[C@]12C(=O)N(Cc1ccc(N3C(=O)CCc4ccccc43)cc1)c1ccc(Br)cc12. The lowest BCUT2D eigenvalue weighted by molar-refractivity contribution is -0.151. The largest absolute Gasteiger partial charge is 0.432 e. The van der Waals surface area contributed by atoms with Crippen LogP contribution in [0.5, 0.6) is 0 Å². The van der Waals surface area contributed by atoms with Gasteiger partial charge in [-0.25, -0.2) is 0 Å². The van der Waals surface area contributed by atoms with E-state index >= 15 is 0 Å². The van der Waals surface area contributed by atoms with Crippen molar-refractivity contribution in [2.75, 3.05) is 16.4 Å². The van der Waals surface area contributed by atoms with E-state index in [4.69, 9.17) is 4.74 Å². The first-order valence-electron chi connectivity index (χ1n) is 18.4. The van der Waals surface area contributed by atoms with E-state index in [-0.39, 0.29) is 43.3 Å². The maximum Gasteiger partial charge on any atom is 0.264 e. The van der Waals surface area contributed by atoms with Crippen molar-refractivity contribution in [3.05, 3.63) is 123 Å². The predicted octanol–water partition coefficient (Wildman–Crippen LogP) is 6.74. The minimum absolute atomic E-state index is 0.0111. The number of hydrogen-bond donors (Lipinski definition) is 2. The Labute approximate surface area is 319 Å². The topological polar surface area (TPSA) is 111 Å². The van der Waals surface area contributed by atoms with Crippen LogP contribution in [0.4, 0.5) is 17.1 Å². The highest BCUT2D eigenvalue weighted by Crippen LogP contribution is 2.60. The quantitative estimate of drug-likeness (QED) is 0.201. The van der Waals surface area contributed by atoms with E-state index in [9.17, 15) is 24.3 Å². The van der Waals surface area contributed by atoms with Gasteiger partial charge in [0.2, 0.25) is 11.8 Å². The molecule has 53 heavy (non-hydrogen) atoms. The zero-order valence-electron chi connectivity index (χ0n) is 30.2. The Balaban J connectivity index is 1.09. The van der Waals surface area contributed by atoms with Crippen LogP contribution in [0.25, 0.3) is 0 Å². The molecule has 11 heteroatoms. The summed E-state index contributed by atoms with van der Waals surface area (Å²) in [6, 6.07) is 29.1. The lowest BCUT2D eigenvalue weighted by Gasteiger charge is -2.37. The Bertz CT molecular complexity index is 2100. The van der Waals surface area contributed by atoms with Gasteiger partial charge in [0, 0.05) is 40.1 Å². The highest BCUT2D eigenvalue weighted by molar-refractivity contribution is 9.10. The van der Waals surface area contributed by atoms with Crippen LogP contribution in [-0.4, -0.2) is 59.6 Å². The summed E-state index contributed by atoms with van der Waals surface area (Å²) in [7, 11) is -3.02. The first kappa shape index (κ1) is 35.9. The zero-order valence-corrected chi connectivity index (χ0v) is 32.8. The summed E-state index contributed by atoms with van der Waals surface area (Å²) in [5.74, 6) is -0.765. The van der Waals surface area contributed by atoms with Gasteiger partial charge in [-0.2, -0.15) is 0 Å². The van der Waals surface area contributed by atoms with Crippen molar-refractivity contribution < 1.29 is 29.0 Å². The van der Waals surface area contributed by atoms with Gasteiger partial charge in [-0.15, -0.1) is 0 Å². The molecule has 8 rings (SSSR count). The van der Waals surface area contributed by atoms with Gasteiger partial charge in [-0.3, -0.25) is 19.3 Å². The fourth-order valence-corrected chi connectivity index (χ4v) is 12.3. The van der Waals surface area contributed by atoms with E-state index in [0.29, 0.717) is 19.4 Å². The van der Waals surface area contributed by atoms with E-state index in [2.05, 4.69) is 22.0 Å². The van der Waals surface area contributed by atoms with Crippen molar-refractivity contribution in [2.45, 2.75) is 82.1 Å². The average molecular weight is 795 g/mol. The van der Waals surface area contributed by atoms with Crippen LogP contribution < -0.4 is 9.80 Å². The molecule has 0 aliphatic carbocycles. The molecule has 1 spiro atoms. The minimum atomic E-state index is -3.02. The monoisotopic (exact) mass is 793 g/mol. The molecule has 4 aromatic carbocycles. The molecule has 274 valence electrons. The number of rotatable bonds is 7. The molecule has 0 bridgehead atoms. The van der Waals surface area contributed by atoms with Crippen LogP contribution in [0.1, 0.15) is 47.6 Å². The Morgan fingerprint density at radius 1 is 0.925 bits per heavy atom. The molecule has 4 aliphatic heterocycles. The number of para-hydroxylation sites is 1. The van der Waals surface area contributed by atoms with E-state index < -0.39 is 31.5 Å². The summed E-state index contributed by atoms with van der Waals surface area (Å²) < 4.78 is 7.77. The molecular weight excluding hydrogens is 750 g/mol. The zero-order chi connectivity index (χ0) is 37.2. The van der Waals surface area contributed by atoms with Crippen LogP contribution in [0.15, 0.2) is 95.5 Å². The smallest absolute Gasteiger partial charge is 0.264 e. The van der Waals surface area contributed by atoms with Gasteiger partial charge in [0.15, 0.2) is 13.9 Å². The summed E-state index contributed by atoms with van der Waals surface area (Å²) in [6.45, 7) is 6.18. The summed E-state index contributed by atoms with van der Waals surface area (Å²) in [5, 5.41) is 10.3. The minimum Gasteiger partial charge on any atom is -0.432 e. The molecule has 4 heterocycles. The number of benzene rings is 4. The normalized spacial score (nSPS) is 25.1. The highest BCUT2D eigenvalue weighted by atomic mass is 79.9. The third-order valence-corrected chi connectivity index (χ3v) is 14.8. The maximum atomic E-state index is 15.0. The third kappa shape index (κ3) is 6.06. The van der Waals surface area contributed by atoms with Crippen LogP contribution in [0.3, 0.4) is 0 Å². The van der Waals surface area contributed by atoms with Gasteiger partial charge in [-0.1, -0.05) is 77.5 Å². The fraction of sp³-hybridized carbons (Fsp3) is 0.357. The molecule has 4 aliphatic rings. The fourth-order valence-electron chi connectivity index (χ4n) is 9.38. The van der Waals surface area contributed by atoms with Gasteiger partial charge in [0.05, 0.1) is 43.1 Å². The molecule has 9 nitrogen and oxygen atoms in total. The number of halogens is 1. The van der Waals surface area contributed by atoms with Crippen LogP contribution in [-0.2, 0) is 50.7 Å². The van der Waals surface area contributed by atoms with E-state index in [1.165, 1.54) is 0 Å². The second kappa shape index (κ2) is 13.6. The standard InChI is InChI=1S/C42H44BrN3O6Si/c1-26-40(53(2,3)51)37(22-39(49)44-24-30-10-5-4-9-29(30)20-33(44)25-47)52-42(26)34-21-31(43)15-18-36(34)45(41(42)50)23-27-12-16-32(17-13-27)46-35-11-7-6-8-28(35)14-19-38(46)48/h4-13,15-18,21,26,33,37,40,47,51H,14,19-20,22-25H2,1-3H3/t26-,33-,37+,40-,42+/m0/s1. The lowest BCUT2D eigenvalue weighted by Crippen LogP contribution is -2.48.